The molecule has 3 nitrogen and oxygen atoms in total. The number of hydrogen-bond acceptors (Lipinski definition) is 3. The van der Waals surface area contributed by atoms with Gasteiger partial charge in [0, 0.05) is 0 Å². The molecule has 2 aliphatic rings. The van der Waals surface area contributed by atoms with Crippen molar-refractivity contribution >= 4 is 6.16 Å². The molecule has 0 unspecified atom stereocenters. The van der Waals surface area contributed by atoms with Crippen LogP contribution in [0.3, 0.4) is 0 Å². The van der Waals surface area contributed by atoms with Crippen molar-refractivity contribution < 1.29 is 14.3 Å². The van der Waals surface area contributed by atoms with Crippen molar-refractivity contribution in [1.29, 1.82) is 0 Å². The fraction of sp³-hybridized carbons (Fsp3) is 0.519. The molecule has 0 amide bonds. The fourth-order valence-electron chi connectivity index (χ4n) is 4.97. The lowest BCUT2D eigenvalue weighted by molar-refractivity contribution is 0.0446. The highest BCUT2D eigenvalue weighted by atomic mass is 16.7. The van der Waals surface area contributed by atoms with Gasteiger partial charge in [0.1, 0.15) is 13.2 Å². The van der Waals surface area contributed by atoms with E-state index in [4.69, 9.17) is 9.47 Å². The number of ether oxygens (including phenoxy) is 2. The van der Waals surface area contributed by atoms with Gasteiger partial charge >= 0.3 is 6.16 Å². The summed E-state index contributed by atoms with van der Waals surface area (Å²) in [7, 11) is 0. The molecule has 0 spiro atoms. The molecule has 2 aromatic carbocycles. The standard InChI is InChI=1S/C27H34O3/c28-27(29-19-21-11-15-25(16-12-21)23-7-3-1-4-8-23)30-20-22-13-17-26(18-14-22)24-9-5-2-6-10-24/h11-18,23-24H,1-10,19-20H2. The van der Waals surface area contributed by atoms with Gasteiger partial charge in [-0.25, -0.2) is 4.79 Å². The van der Waals surface area contributed by atoms with Gasteiger partial charge in [-0.3, -0.25) is 0 Å². The van der Waals surface area contributed by atoms with Gasteiger partial charge in [0.15, 0.2) is 0 Å². The Kier molecular flexibility index (Phi) is 7.44. The molecule has 4 rings (SSSR count). The third-order valence-corrected chi connectivity index (χ3v) is 6.83. The molecule has 0 heterocycles. The Hall–Kier alpha value is -2.29. The third-order valence-electron chi connectivity index (χ3n) is 6.83. The van der Waals surface area contributed by atoms with E-state index in [1.54, 1.807) is 0 Å². The molecule has 0 atom stereocenters. The molecule has 0 aliphatic heterocycles. The van der Waals surface area contributed by atoms with Crippen molar-refractivity contribution in [2.45, 2.75) is 89.3 Å². The zero-order valence-corrected chi connectivity index (χ0v) is 18.0. The Morgan fingerprint density at radius 2 is 0.967 bits per heavy atom. The van der Waals surface area contributed by atoms with Crippen LogP contribution in [-0.4, -0.2) is 6.16 Å². The number of hydrogen-bond donors (Lipinski definition) is 0. The molecule has 160 valence electrons. The van der Waals surface area contributed by atoms with E-state index in [-0.39, 0.29) is 13.2 Å². The van der Waals surface area contributed by atoms with Gasteiger partial charge in [-0.2, -0.15) is 0 Å². The molecular weight excluding hydrogens is 372 g/mol. The number of carbonyl (C=O) groups is 1. The van der Waals surface area contributed by atoms with Gasteiger partial charge in [0.05, 0.1) is 0 Å². The SMILES string of the molecule is O=C(OCc1ccc(C2CCCCC2)cc1)OCc1ccc(C2CCCCC2)cc1. The summed E-state index contributed by atoms with van der Waals surface area (Å²) in [4.78, 5) is 12.0. The lowest BCUT2D eigenvalue weighted by Crippen LogP contribution is -2.08. The second-order valence-electron chi connectivity index (χ2n) is 8.98. The number of carbonyl (C=O) groups excluding carboxylic acids is 1. The normalized spacial score (nSPS) is 18.1. The Labute approximate surface area is 180 Å². The summed E-state index contributed by atoms with van der Waals surface area (Å²) in [6.45, 7) is 0.509. The molecule has 0 aromatic heterocycles. The summed E-state index contributed by atoms with van der Waals surface area (Å²) in [5.74, 6) is 1.39. The minimum atomic E-state index is -0.609. The lowest BCUT2D eigenvalue weighted by atomic mass is 9.84. The van der Waals surface area contributed by atoms with Gasteiger partial charge in [-0.05, 0) is 59.8 Å². The Morgan fingerprint density at radius 3 is 1.33 bits per heavy atom. The summed E-state index contributed by atoms with van der Waals surface area (Å²) in [5, 5.41) is 0. The zero-order valence-electron chi connectivity index (χ0n) is 18.0. The van der Waals surface area contributed by atoms with Crippen LogP contribution in [-0.2, 0) is 22.7 Å². The first-order valence-corrected chi connectivity index (χ1v) is 11.7. The molecule has 0 bridgehead atoms. The lowest BCUT2D eigenvalue weighted by Gasteiger charge is -2.22. The third kappa shape index (κ3) is 5.87. The summed E-state index contributed by atoms with van der Waals surface area (Å²) >= 11 is 0. The van der Waals surface area contributed by atoms with Gasteiger partial charge < -0.3 is 9.47 Å². The predicted molar refractivity (Wildman–Crippen MR) is 120 cm³/mol. The van der Waals surface area contributed by atoms with Crippen molar-refractivity contribution in [2.24, 2.45) is 0 Å². The Balaban J connectivity index is 1.19. The van der Waals surface area contributed by atoms with E-state index >= 15 is 0 Å². The number of rotatable bonds is 6. The fourth-order valence-corrected chi connectivity index (χ4v) is 4.97. The maximum absolute atomic E-state index is 12.0. The van der Waals surface area contributed by atoms with Crippen LogP contribution in [0, 0.1) is 0 Å². The van der Waals surface area contributed by atoms with E-state index in [9.17, 15) is 4.79 Å². The van der Waals surface area contributed by atoms with Crippen LogP contribution in [0.5, 0.6) is 0 Å². The Bertz CT molecular complexity index is 714. The van der Waals surface area contributed by atoms with Crippen molar-refractivity contribution in [3.8, 4) is 0 Å². The molecule has 3 heteroatoms. The van der Waals surface area contributed by atoms with E-state index in [1.807, 2.05) is 0 Å². The van der Waals surface area contributed by atoms with Crippen molar-refractivity contribution in [1.82, 2.24) is 0 Å². The van der Waals surface area contributed by atoms with Crippen LogP contribution in [0.4, 0.5) is 4.79 Å². The smallest absolute Gasteiger partial charge is 0.429 e. The highest BCUT2D eigenvalue weighted by Gasteiger charge is 2.16. The maximum Gasteiger partial charge on any atom is 0.508 e. The highest BCUT2D eigenvalue weighted by molar-refractivity contribution is 5.60. The van der Waals surface area contributed by atoms with Crippen molar-refractivity contribution in [3.63, 3.8) is 0 Å². The van der Waals surface area contributed by atoms with Crippen LogP contribution < -0.4 is 0 Å². The average molecular weight is 407 g/mol. The molecular formula is C27H34O3. The predicted octanol–water partition coefficient (Wildman–Crippen LogP) is 7.64. The maximum atomic E-state index is 12.0. The largest absolute Gasteiger partial charge is 0.508 e. The molecule has 2 aliphatic carbocycles. The van der Waals surface area contributed by atoms with Crippen molar-refractivity contribution in [3.05, 3.63) is 70.8 Å². The van der Waals surface area contributed by atoms with Gasteiger partial charge in [-0.1, -0.05) is 87.1 Å². The topological polar surface area (TPSA) is 35.5 Å². The summed E-state index contributed by atoms with van der Waals surface area (Å²) in [5.41, 5.74) is 4.84. The first kappa shape index (κ1) is 21.0. The second-order valence-corrected chi connectivity index (χ2v) is 8.98. The van der Waals surface area contributed by atoms with E-state index in [1.165, 1.54) is 75.3 Å². The van der Waals surface area contributed by atoms with Crippen LogP contribution in [0.1, 0.15) is 98.3 Å². The number of benzene rings is 2. The van der Waals surface area contributed by atoms with Crippen molar-refractivity contribution in [2.75, 3.05) is 0 Å². The van der Waals surface area contributed by atoms with Gasteiger partial charge in [0.2, 0.25) is 0 Å². The van der Waals surface area contributed by atoms with Gasteiger partial charge in [0.25, 0.3) is 0 Å². The first-order chi connectivity index (χ1) is 14.8. The molecule has 2 aromatic rings. The first-order valence-electron chi connectivity index (χ1n) is 11.7. The zero-order chi connectivity index (χ0) is 20.6. The van der Waals surface area contributed by atoms with E-state index in [0.717, 1.165) is 11.1 Å². The second kappa shape index (κ2) is 10.7. The molecule has 30 heavy (non-hydrogen) atoms. The van der Waals surface area contributed by atoms with E-state index in [0.29, 0.717) is 11.8 Å². The molecule has 2 saturated carbocycles. The van der Waals surface area contributed by atoms with Crippen LogP contribution in [0.15, 0.2) is 48.5 Å². The quantitative estimate of drug-likeness (QED) is 0.462. The van der Waals surface area contributed by atoms with Crippen LogP contribution in [0.2, 0.25) is 0 Å². The Morgan fingerprint density at radius 1 is 0.600 bits per heavy atom. The molecule has 0 N–H and O–H groups in total. The highest BCUT2D eigenvalue weighted by Crippen LogP contribution is 2.33. The van der Waals surface area contributed by atoms with Gasteiger partial charge in [-0.15, -0.1) is 0 Å². The summed E-state index contributed by atoms with van der Waals surface area (Å²) in [6, 6.07) is 17.0. The van der Waals surface area contributed by atoms with Crippen LogP contribution >= 0.6 is 0 Å². The molecule has 0 radical (unpaired) electrons. The molecule has 0 saturated heterocycles. The average Bonchev–Trinajstić information content (AvgIpc) is 2.83. The minimum Gasteiger partial charge on any atom is -0.429 e. The minimum absolute atomic E-state index is 0.254. The summed E-state index contributed by atoms with van der Waals surface area (Å²) < 4.78 is 10.6. The van der Waals surface area contributed by atoms with Crippen LogP contribution in [0.25, 0.3) is 0 Å². The molecule has 2 fully saturated rings. The summed E-state index contributed by atoms with van der Waals surface area (Å²) in [6.07, 6.45) is 12.7. The monoisotopic (exact) mass is 406 g/mol. The van der Waals surface area contributed by atoms with E-state index in [2.05, 4.69) is 48.5 Å². The van der Waals surface area contributed by atoms with E-state index < -0.39 is 6.16 Å².